The molecule has 0 fully saturated rings. The lowest BCUT2D eigenvalue weighted by molar-refractivity contribution is 0.550. The van der Waals surface area contributed by atoms with E-state index in [-0.39, 0.29) is 0 Å². The molecule has 13 heavy (non-hydrogen) atoms. The van der Waals surface area contributed by atoms with Crippen molar-refractivity contribution in [2.24, 2.45) is 0 Å². The van der Waals surface area contributed by atoms with Crippen molar-refractivity contribution in [3.63, 3.8) is 0 Å². The zero-order valence-corrected chi connectivity index (χ0v) is 8.25. The first kappa shape index (κ1) is 8.69. The zero-order valence-electron chi connectivity index (χ0n) is 8.25. The molecule has 1 aromatic heterocycles. The third-order valence-corrected chi connectivity index (χ3v) is 2.35. The minimum atomic E-state index is 0.509. The molecule has 0 unspecified atom stereocenters. The molecule has 0 atom stereocenters. The Bertz CT molecular complexity index is 290. The van der Waals surface area contributed by atoms with E-state index in [0.717, 1.165) is 31.2 Å². The second-order valence-electron chi connectivity index (χ2n) is 3.82. The Morgan fingerprint density at radius 3 is 3.08 bits per heavy atom. The van der Waals surface area contributed by atoms with E-state index < -0.39 is 0 Å². The number of hydrogen-bond donors (Lipinski definition) is 1. The van der Waals surface area contributed by atoms with Crippen molar-refractivity contribution in [1.29, 1.82) is 0 Å². The molecule has 4 nitrogen and oxygen atoms in total. The van der Waals surface area contributed by atoms with Gasteiger partial charge in [-0.3, -0.25) is 0 Å². The lowest BCUT2D eigenvalue weighted by Crippen LogP contribution is -2.23. The van der Waals surface area contributed by atoms with Gasteiger partial charge in [0.25, 0.3) is 0 Å². The number of nitrogens with zero attached hydrogens (tertiary/aromatic N) is 3. The predicted octanol–water partition coefficient (Wildman–Crippen LogP) is 0.722. The molecule has 0 bridgehead atoms. The molecule has 0 saturated heterocycles. The lowest BCUT2D eigenvalue weighted by atomic mass is 10.4. The van der Waals surface area contributed by atoms with Crippen LogP contribution in [-0.2, 0) is 19.5 Å². The van der Waals surface area contributed by atoms with Crippen LogP contribution in [0.1, 0.15) is 31.9 Å². The first-order valence-electron chi connectivity index (χ1n) is 4.91. The van der Waals surface area contributed by atoms with Gasteiger partial charge in [-0.25, -0.2) is 0 Å². The van der Waals surface area contributed by atoms with Gasteiger partial charge in [0.05, 0.1) is 6.54 Å². The van der Waals surface area contributed by atoms with Crippen LogP contribution in [0.3, 0.4) is 0 Å². The summed E-state index contributed by atoms with van der Waals surface area (Å²) in [6.07, 6.45) is 2.31. The van der Waals surface area contributed by atoms with E-state index in [1.54, 1.807) is 0 Å². The summed E-state index contributed by atoms with van der Waals surface area (Å²) in [6.45, 7) is 6.21. The Balaban J connectivity index is 2.04. The highest BCUT2D eigenvalue weighted by Crippen LogP contribution is 2.13. The second-order valence-corrected chi connectivity index (χ2v) is 3.82. The largest absolute Gasteiger partial charge is 0.314 e. The van der Waals surface area contributed by atoms with Crippen molar-refractivity contribution in [3.05, 3.63) is 11.6 Å². The first-order valence-corrected chi connectivity index (χ1v) is 4.91. The van der Waals surface area contributed by atoms with Gasteiger partial charge in [0.2, 0.25) is 0 Å². The van der Waals surface area contributed by atoms with Crippen LogP contribution in [-0.4, -0.2) is 20.8 Å². The highest BCUT2D eigenvalue weighted by molar-refractivity contribution is 5.00. The molecule has 0 amide bonds. The number of hydrogen-bond acceptors (Lipinski definition) is 3. The van der Waals surface area contributed by atoms with Crippen molar-refractivity contribution >= 4 is 0 Å². The normalized spacial score (nSPS) is 15.3. The van der Waals surface area contributed by atoms with Gasteiger partial charge in [-0.05, 0) is 6.42 Å². The van der Waals surface area contributed by atoms with Crippen LogP contribution in [0.15, 0.2) is 0 Å². The van der Waals surface area contributed by atoms with Gasteiger partial charge in [0, 0.05) is 19.0 Å². The minimum Gasteiger partial charge on any atom is -0.314 e. The van der Waals surface area contributed by atoms with E-state index in [4.69, 9.17) is 0 Å². The molecule has 0 aromatic carbocycles. The van der Waals surface area contributed by atoms with Gasteiger partial charge in [-0.15, -0.1) is 10.2 Å². The Hall–Kier alpha value is -0.900. The van der Waals surface area contributed by atoms with Gasteiger partial charge < -0.3 is 9.88 Å². The van der Waals surface area contributed by atoms with Gasteiger partial charge >= 0.3 is 0 Å². The fourth-order valence-electron chi connectivity index (χ4n) is 1.64. The molecule has 0 radical (unpaired) electrons. The molecular weight excluding hydrogens is 164 g/mol. The lowest BCUT2D eigenvalue weighted by Gasteiger charge is -2.07. The molecule has 1 aliphatic rings. The van der Waals surface area contributed by atoms with Crippen LogP contribution in [0.25, 0.3) is 0 Å². The summed E-state index contributed by atoms with van der Waals surface area (Å²) >= 11 is 0. The molecule has 0 saturated carbocycles. The Morgan fingerprint density at radius 1 is 1.46 bits per heavy atom. The van der Waals surface area contributed by atoms with Gasteiger partial charge in [0.1, 0.15) is 11.6 Å². The summed E-state index contributed by atoms with van der Waals surface area (Å²) in [7, 11) is 0. The van der Waals surface area contributed by atoms with Crippen molar-refractivity contribution in [1.82, 2.24) is 20.1 Å². The topological polar surface area (TPSA) is 42.7 Å². The Kier molecular flexibility index (Phi) is 2.31. The summed E-state index contributed by atoms with van der Waals surface area (Å²) < 4.78 is 2.23. The average Bonchev–Trinajstić information content (AvgIpc) is 2.60. The molecule has 2 heterocycles. The minimum absolute atomic E-state index is 0.509. The fraction of sp³-hybridized carbons (Fsp3) is 0.778. The van der Waals surface area contributed by atoms with Crippen molar-refractivity contribution in [2.45, 2.75) is 45.8 Å². The summed E-state index contributed by atoms with van der Waals surface area (Å²) in [5, 5.41) is 11.7. The third kappa shape index (κ3) is 1.72. The van der Waals surface area contributed by atoms with Crippen LogP contribution in [0, 0.1) is 0 Å². The van der Waals surface area contributed by atoms with Crippen LogP contribution in [0.2, 0.25) is 0 Å². The third-order valence-electron chi connectivity index (χ3n) is 2.35. The van der Waals surface area contributed by atoms with E-state index in [1.807, 2.05) is 0 Å². The number of aromatic nitrogens is 3. The summed E-state index contributed by atoms with van der Waals surface area (Å²) in [5.41, 5.74) is 0. The molecule has 1 aromatic rings. The van der Waals surface area contributed by atoms with E-state index in [2.05, 4.69) is 33.9 Å². The fourth-order valence-corrected chi connectivity index (χ4v) is 1.64. The number of fused-ring (bicyclic) bond motifs is 1. The monoisotopic (exact) mass is 180 g/mol. The molecule has 1 N–H and O–H groups in total. The molecule has 0 aliphatic carbocycles. The van der Waals surface area contributed by atoms with Crippen LogP contribution < -0.4 is 5.32 Å². The van der Waals surface area contributed by atoms with Gasteiger partial charge in [-0.1, -0.05) is 13.8 Å². The smallest absolute Gasteiger partial charge is 0.147 e. The maximum atomic E-state index is 4.16. The molecule has 0 spiro atoms. The van der Waals surface area contributed by atoms with Crippen LogP contribution in [0.5, 0.6) is 0 Å². The standard InChI is InChI=1S/C9H16N4/c1-7(2)10-6-9-12-11-8-4-3-5-13(8)9/h7,10H,3-6H2,1-2H3. The summed E-state index contributed by atoms with van der Waals surface area (Å²) in [6, 6.07) is 0.509. The van der Waals surface area contributed by atoms with Crippen molar-refractivity contribution in [3.8, 4) is 0 Å². The number of rotatable bonds is 3. The maximum Gasteiger partial charge on any atom is 0.147 e. The number of nitrogens with one attached hydrogen (secondary N) is 1. The molecule has 4 heteroatoms. The van der Waals surface area contributed by atoms with Crippen molar-refractivity contribution in [2.75, 3.05) is 0 Å². The highest BCUT2D eigenvalue weighted by atomic mass is 15.3. The second kappa shape index (κ2) is 3.46. The van der Waals surface area contributed by atoms with E-state index in [0.29, 0.717) is 6.04 Å². The number of aryl methyl sites for hydroxylation is 1. The van der Waals surface area contributed by atoms with Gasteiger partial charge in [0.15, 0.2) is 0 Å². The van der Waals surface area contributed by atoms with Gasteiger partial charge in [-0.2, -0.15) is 0 Å². The zero-order chi connectivity index (χ0) is 9.26. The molecule has 72 valence electrons. The van der Waals surface area contributed by atoms with E-state index in [1.165, 1.54) is 6.42 Å². The molecule has 1 aliphatic heterocycles. The quantitative estimate of drug-likeness (QED) is 0.745. The van der Waals surface area contributed by atoms with E-state index >= 15 is 0 Å². The SMILES string of the molecule is CC(C)NCc1nnc2n1CCC2. The average molecular weight is 180 g/mol. The molecule has 2 rings (SSSR count). The Morgan fingerprint density at radius 2 is 2.31 bits per heavy atom. The van der Waals surface area contributed by atoms with Crippen LogP contribution >= 0.6 is 0 Å². The predicted molar refractivity (Wildman–Crippen MR) is 50.3 cm³/mol. The first-order chi connectivity index (χ1) is 6.27. The van der Waals surface area contributed by atoms with Crippen molar-refractivity contribution < 1.29 is 0 Å². The summed E-state index contributed by atoms with van der Waals surface area (Å²) in [5.74, 6) is 2.24. The molecular formula is C9H16N4. The maximum absolute atomic E-state index is 4.16. The summed E-state index contributed by atoms with van der Waals surface area (Å²) in [4.78, 5) is 0. The highest BCUT2D eigenvalue weighted by Gasteiger charge is 2.16. The Labute approximate surface area is 78.4 Å². The van der Waals surface area contributed by atoms with Crippen LogP contribution in [0.4, 0.5) is 0 Å². The van der Waals surface area contributed by atoms with E-state index in [9.17, 15) is 0 Å².